The normalized spacial score (nSPS) is 11.2. The van der Waals surface area contributed by atoms with Crippen LogP contribution < -0.4 is 0 Å². The summed E-state index contributed by atoms with van der Waals surface area (Å²) in [5.74, 6) is 1.76. The quantitative estimate of drug-likeness (QED) is 0.696. The standard InChI is InChI=1S/C11H20N2/c1-5-6-7-13-8-10(4)12-11(13)9(2)3/h8-9H,5-7H2,1-4H3. The van der Waals surface area contributed by atoms with Crippen molar-refractivity contribution >= 4 is 0 Å². The SMILES string of the molecule is CCCCn1cc(C)nc1C(C)C. The summed E-state index contributed by atoms with van der Waals surface area (Å²) in [6, 6.07) is 0. The molecule has 2 heteroatoms. The molecule has 0 radical (unpaired) electrons. The predicted octanol–water partition coefficient (Wildman–Crippen LogP) is 3.12. The lowest BCUT2D eigenvalue weighted by atomic mass is 10.2. The first-order valence-electron chi connectivity index (χ1n) is 5.18. The molecule has 0 aromatic carbocycles. The molecule has 1 rings (SSSR count). The monoisotopic (exact) mass is 180 g/mol. The van der Waals surface area contributed by atoms with E-state index >= 15 is 0 Å². The largest absolute Gasteiger partial charge is 0.334 e. The number of hydrogen-bond donors (Lipinski definition) is 0. The fourth-order valence-corrected chi connectivity index (χ4v) is 1.53. The van der Waals surface area contributed by atoms with Gasteiger partial charge in [-0.05, 0) is 13.3 Å². The van der Waals surface area contributed by atoms with Crippen molar-refractivity contribution in [3.8, 4) is 0 Å². The first-order chi connectivity index (χ1) is 6.15. The van der Waals surface area contributed by atoms with Crippen LogP contribution in [0.2, 0.25) is 0 Å². The fourth-order valence-electron chi connectivity index (χ4n) is 1.53. The molecule has 1 heterocycles. The van der Waals surface area contributed by atoms with E-state index in [2.05, 4.69) is 43.4 Å². The molecule has 0 N–H and O–H groups in total. The van der Waals surface area contributed by atoms with Crippen LogP contribution in [0.3, 0.4) is 0 Å². The molecule has 0 saturated carbocycles. The maximum atomic E-state index is 4.53. The lowest BCUT2D eigenvalue weighted by molar-refractivity contribution is 0.583. The number of nitrogens with zero attached hydrogens (tertiary/aromatic N) is 2. The number of imidazole rings is 1. The van der Waals surface area contributed by atoms with E-state index in [4.69, 9.17) is 0 Å². The maximum absolute atomic E-state index is 4.53. The highest BCUT2D eigenvalue weighted by Gasteiger charge is 2.08. The van der Waals surface area contributed by atoms with Gasteiger partial charge in [-0.1, -0.05) is 27.2 Å². The van der Waals surface area contributed by atoms with E-state index < -0.39 is 0 Å². The molecule has 0 saturated heterocycles. The zero-order valence-electron chi connectivity index (χ0n) is 9.17. The van der Waals surface area contributed by atoms with Gasteiger partial charge in [0.2, 0.25) is 0 Å². The smallest absolute Gasteiger partial charge is 0.111 e. The Morgan fingerprint density at radius 3 is 2.69 bits per heavy atom. The zero-order valence-corrected chi connectivity index (χ0v) is 9.17. The minimum atomic E-state index is 0.533. The first kappa shape index (κ1) is 10.3. The van der Waals surface area contributed by atoms with E-state index in [1.165, 1.54) is 18.7 Å². The van der Waals surface area contributed by atoms with Gasteiger partial charge in [-0.15, -0.1) is 0 Å². The Morgan fingerprint density at radius 1 is 1.46 bits per heavy atom. The van der Waals surface area contributed by atoms with E-state index in [1.807, 2.05) is 0 Å². The lowest BCUT2D eigenvalue weighted by Crippen LogP contribution is -2.04. The van der Waals surface area contributed by atoms with Gasteiger partial charge in [-0.3, -0.25) is 0 Å². The molecule has 13 heavy (non-hydrogen) atoms. The predicted molar refractivity (Wildman–Crippen MR) is 56.0 cm³/mol. The van der Waals surface area contributed by atoms with Gasteiger partial charge in [0, 0.05) is 18.7 Å². The van der Waals surface area contributed by atoms with Gasteiger partial charge < -0.3 is 4.57 Å². The van der Waals surface area contributed by atoms with Gasteiger partial charge in [-0.25, -0.2) is 4.98 Å². The van der Waals surface area contributed by atoms with Crippen molar-refractivity contribution in [1.82, 2.24) is 9.55 Å². The van der Waals surface area contributed by atoms with Crippen molar-refractivity contribution in [3.05, 3.63) is 17.7 Å². The molecule has 74 valence electrons. The van der Waals surface area contributed by atoms with Gasteiger partial charge in [0.05, 0.1) is 5.69 Å². The summed E-state index contributed by atoms with van der Waals surface area (Å²) >= 11 is 0. The van der Waals surface area contributed by atoms with Crippen LogP contribution in [0.5, 0.6) is 0 Å². The van der Waals surface area contributed by atoms with Crippen LogP contribution in [0.25, 0.3) is 0 Å². The van der Waals surface area contributed by atoms with Crippen LogP contribution in [0.1, 0.15) is 51.0 Å². The Balaban J connectivity index is 2.78. The maximum Gasteiger partial charge on any atom is 0.111 e. The van der Waals surface area contributed by atoms with Crippen LogP contribution in [0, 0.1) is 6.92 Å². The number of hydrogen-bond acceptors (Lipinski definition) is 1. The van der Waals surface area contributed by atoms with Gasteiger partial charge >= 0.3 is 0 Å². The van der Waals surface area contributed by atoms with Crippen molar-refractivity contribution in [2.24, 2.45) is 0 Å². The lowest BCUT2D eigenvalue weighted by Gasteiger charge is -2.08. The van der Waals surface area contributed by atoms with Crippen molar-refractivity contribution in [3.63, 3.8) is 0 Å². The third-order valence-corrected chi connectivity index (χ3v) is 2.20. The Bertz CT molecular complexity index is 261. The van der Waals surface area contributed by atoms with Crippen LogP contribution in [-0.4, -0.2) is 9.55 Å². The molecule has 0 unspecified atom stereocenters. The zero-order chi connectivity index (χ0) is 9.84. The minimum absolute atomic E-state index is 0.533. The third-order valence-electron chi connectivity index (χ3n) is 2.20. The van der Waals surface area contributed by atoms with E-state index in [0.717, 1.165) is 12.2 Å². The molecule has 0 aliphatic heterocycles. The summed E-state index contributed by atoms with van der Waals surface area (Å²) in [6.07, 6.45) is 4.65. The summed E-state index contributed by atoms with van der Waals surface area (Å²) in [5, 5.41) is 0. The Kier molecular flexibility index (Phi) is 3.52. The molecule has 1 aromatic heterocycles. The Morgan fingerprint density at radius 2 is 2.15 bits per heavy atom. The molecule has 0 aliphatic carbocycles. The van der Waals surface area contributed by atoms with Gasteiger partial charge in [0.1, 0.15) is 5.82 Å². The topological polar surface area (TPSA) is 17.8 Å². The molecule has 0 atom stereocenters. The third kappa shape index (κ3) is 2.58. The summed E-state index contributed by atoms with van der Waals surface area (Å²) < 4.78 is 2.30. The van der Waals surface area contributed by atoms with Gasteiger partial charge in [0.25, 0.3) is 0 Å². The van der Waals surface area contributed by atoms with Crippen LogP contribution in [0.15, 0.2) is 6.20 Å². The molecule has 0 amide bonds. The average molecular weight is 180 g/mol. The van der Waals surface area contributed by atoms with Crippen molar-refractivity contribution in [1.29, 1.82) is 0 Å². The second kappa shape index (κ2) is 4.45. The average Bonchev–Trinajstić information content (AvgIpc) is 2.43. The van der Waals surface area contributed by atoms with E-state index in [1.54, 1.807) is 0 Å². The molecular formula is C11H20N2. The van der Waals surface area contributed by atoms with Crippen molar-refractivity contribution < 1.29 is 0 Å². The second-order valence-electron chi connectivity index (χ2n) is 3.94. The molecule has 2 nitrogen and oxygen atoms in total. The molecular weight excluding hydrogens is 160 g/mol. The molecule has 0 fully saturated rings. The van der Waals surface area contributed by atoms with Crippen molar-refractivity contribution in [2.75, 3.05) is 0 Å². The highest BCUT2D eigenvalue weighted by Crippen LogP contribution is 2.14. The highest BCUT2D eigenvalue weighted by atomic mass is 15.1. The Hall–Kier alpha value is -0.790. The highest BCUT2D eigenvalue weighted by molar-refractivity contribution is 5.05. The van der Waals surface area contributed by atoms with Gasteiger partial charge in [-0.2, -0.15) is 0 Å². The second-order valence-corrected chi connectivity index (χ2v) is 3.94. The number of unbranched alkanes of at least 4 members (excludes halogenated alkanes) is 1. The first-order valence-corrected chi connectivity index (χ1v) is 5.18. The van der Waals surface area contributed by atoms with Gasteiger partial charge in [0.15, 0.2) is 0 Å². The molecule has 0 bridgehead atoms. The number of aromatic nitrogens is 2. The summed E-state index contributed by atoms with van der Waals surface area (Å²) in [4.78, 5) is 4.53. The number of rotatable bonds is 4. The number of aryl methyl sites for hydroxylation is 2. The van der Waals surface area contributed by atoms with E-state index in [9.17, 15) is 0 Å². The van der Waals surface area contributed by atoms with E-state index in [-0.39, 0.29) is 0 Å². The minimum Gasteiger partial charge on any atom is -0.334 e. The summed E-state index contributed by atoms with van der Waals surface area (Å²) in [7, 11) is 0. The van der Waals surface area contributed by atoms with Crippen molar-refractivity contribution in [2.45, 2.75) is 53.0 Å². The van der Waals surface area contributed by atoms with E-state index in [0.29, 0.717) is 5.92 Å². The van der Waals surface area contributed by atoms with Crippen LogP contribution in [-0.2, 0) is 6.54 Å². The van der Waals surface area contributed by atoms with Crippen LogP contribution >= 0.6 is 0 Å². The summed E-state index contributed by atoms with van der Waals surface area (Å²) in [6.45, 7) is 9.80. The molecule has 0 aliphatic rings. The summed E-state index contributed by atoms with van der Waals surface area (Å²) in [5.41, 5.74) is 1.14. The molecule has 1 aromatic rings. The molecule has 0 spiro atoms. The van der Waals surface area contributed by atoms with Crippen LogP contribution in [0.4, 0.5) is 0 Å². The Labute approximate surface area is 81.0 Å². The fraction of sp³-hybridized carbons (Fsp3) is 0.727.